The minimum absolute atomic E-state index is 0.717. The molecule has 1 aromatic heterocycles. The molecule has 1 saturated carbocycles. The molecule has 0 radical (unpaired) electrons. The fourth-order valence-corrected chi connectivity index (χ4v) is 6.08. The molecule has 1 aliphatic heterocycles. The third-order valence-corrected chi connectivity index (χ3v) is 8.20. The average Bonchev–Trinajstić information content (AvgIpc) is 3.29. The Labute approximate surface area is 201 Å². The van der Waals surface area contributed by atoms with Crippen molar-refractivity contribution < 1.29 is 4.74 Å². The maximum absolute atomic E-state index is 6.00. The van der Waals surface area contributed by atoms with Gasteiger partial charge in [0.15, 0.2) is 0 Å². The van der Waals surface area contributed by atoms with E-state index in [0.717, 1.165) is 53.8 Å². The lowest BCUT2D eigenvalue weighted by Crippen LogP contribution is -2.29. The molecule has 2 fully saturated rings. The van der Waals surface area contributed by atoms with Gasteiger partial charge in [0.2, 0.25) is 10.3 Å². The van der Waals surface area contributed by atoms with Gasteiger partial charge in [-0.15, -0.1) is 10.2 Å². The van der Waals surface area contributed by atoms with Crippen molar-refractivity contribution in [1.82, 2.24) is 15.1 Å². The lowest BCUT2D eigenvalue weighted by atomic mass is 10.0. The van der Waals surface area contributed by atoms with Crippen LogP contribution in [0.4, 0.5) is 10.3 Å². The van der Waals surface area contributed by atoms with E-state index in [2.05, 4.69) is 49.4 Å². The third kappa shape index (κ3) is 8.12. The van der Waals surface area contributed by atoms with Gasteiger partial charge >= 0.3 is 0 Å². The van der Waals surface area contributed by atoms with Crippen LogP contribution in [0.1, 0.15) is 69.8 Å². The van der Waals surface area contributed by atoms with Crippen LogP contribution in [-0.2, 0) is 6.54 Å². The summed E-state index contributed by atoms with van der Waals surface area (Å²) in [6.45, 7) is 5.13. The van der Waals surface area contributed by atoms with Gasteiger partial charge < -0.3 is 14.8 Å². The lowest BCUT2D eigenvalue weighted by Gasteiger charge is -2.26. The van der Waals surface area contributed by atoms with Crippen molar-refractivity contribution in [2.75, 3.05) is 36.3 Å². The Morgan fingerprint density at radius 1 is 1.00 bits per heavy atom. The Hall–Kier alpha value is -1.51. The van der Waals surface area contributed by atoms with E-state index in [1.807, 2.05) is 11.9 Å². The summed E-state index contributed by atoms with van der Waals surface area (Å²) in [5.41, 5.74) is 1.36. The van der Waals surface area contributed by atoms with E-state index in [4.69, 9.17) is 4.74 Å². The van der Waals surface area contributed by atoms with Crippen LogP contribution in [0.3, 0.4) is 0 Å². The first kappa shape index (κ1) is 23.6. The molecular formula is C24H37N5OS2. The second kappa shape index (κ2) is 13.3. The molecule has 32 heavy (non-hydrogen) atoms. The fraction of sp³-hybridized carbons (Fsp3) is 0.667. The smallest absolute Gasteiger partial charge is 0.217 e. The Morgan fingerprint density at radius 2 is 1.81 bits per heavy atom. The first-order valence-electron chi connectivity index (χ1n) is 12.3. The highest BCUT2D eigenvalue weighted by atomic mass is 32.2. The van der Waals surface area contributed by atoms with Crippen LogP contribution in [0.15, 0.2) is 24.3 Å². The topological polar surface area (TPSA) is 62.3 Å². The SMILES string of the molecule is c1cc(CN2CCCCC2)cc(OCCCCNc2nnc(NSC3CCCCC3)s2)c1. The predicted molar refractivity (Wildman–Crippen MR) is 137 cm³/mol. The number of likely N-dealkylation sites (tertiary alicyclic amines) is 1. The number of hydrogen-bond donors (Lipinski definition) is 2. The van der Waals surface area contributed by atoms with Gasteiger partial charge in [-0.3, -0.25) is 4.90 Å². The quantitative estimate of drug-likeness (QED) is 0.280. The Morgan fingerprint density at radius 3 is 2.69 bits per heavy atom. The van der Waals surface area contributed by atoms with Gasteiger partial charge in [0.1, 0.15) is 5.75 Å². The summed E-state index contributed by atoms with van der Waals surface area (Å²) in [6, 6.07) is 8.60. The molecule has 2 aliphatic rings. The fourth-order valence-electron chi connectivity index (χ4n) is 4.37. The number of anilines is 2. The zero-order valence-electron chi connectivity index (χ0n) is 19.1. The molecule has 0 unspecified atom stereocenters. The van der Waals surface area contributed by atoms with E-state index >= 15 is 0 Å². The molecule has 176 valence electrons. The van der Waals surface area contributed by atoms with Crippen molar-refractivity contribution >= 4 is 33.5 Å². The summed E-state index contributed by atoms with van der Waals surface area (Å²) in [7, 11) is 0. The van der Waals surface area contributed by atoms with Gasteiger partial charge in [-0.2, -0.15) is 0 Å². The zero-order valence-corrected chi connectivity index (χ0v) is 20.7. The van der Waals surface area contributed by atoms with Crippen LogP contribution in [0, 0.1) is 0 Å². The van der Waals surface area contributed by atoms with Crippen molar-refractivity contribution in [1.29, 1.82) is 0 Å². The molecule has 2 heterocycles. The third-order valence-electron chi connectivity index (χ3n) is 6.16. The number of unbranched alkanes of at least 4 members (excludes halogenated alkanes) is 1. The zero-order chi connectivity index (χ0) is 21.8. The van der Waals surface area contributed by atoms with E-state index in [1.165, 1.54) is 70.0 Å². The Balaban J connectivity index is 1.07. The highest BCUT2D eigenvalue weighted by Gasteiger charge is 2.15. The summed E-state index contributed by atoms with van der Waals surface area (Å²) in [6.07, 6.45) is 12.8. The van der Waals surface area contributed by atoms with E-state index in [1.54, 1.807) is 11.3 Å². The second-order valence-corrected chi connectivity index (χ2v) is 10.9. The molecule has 0 bridgehead atoms. The molecule has 1 aromatic carbocycles. The molecule has 4 rings (SSSR count). The van der Waals surface area contributed by atoms with Crippen LogP contribution in [-0.4, -0.2) is 46.6 Å². The van der Waals surface area contributed by atoms with Crippen LogP contribution in [0.5, 0.6) is 5.75 Å². The van der Waals surface area contributed by atoms with Crippen molar-refractivity contribution in [3.8, 4) is 5.75 Å². The largest absolute Gasteiger partial charge is 0.494 e. The first-order valence-corrected chi connectivity index (χ1v) is 14.0. The summed E-state index contributed by atoms with van der Waals surface area (Å²) in [4.78, 5) is 2.55. The molecule has 1 aliphatic carbocycles. The number of benzene rings is 1. The molecule has 1 saturated heterocycles. The highest BCUT2D eigenvalue weighted by molar-refractivity contribution is 8.01. The minimum Gasteiger partial charge on any atom is -0.494 e. The van der Waals surface area contributed by atoms with Crippen LogP contribution in [0.2, 0.25) is 0 Å². The van der Waals surface area contributed by atoms with Gasteiger partial charge in [-0.1, -0.05) is 49.2 Å². The van der Waals surface area contributed by atoms with Gasteiger partial charge in [0, 0.05) is 18.3 Å². The van der Waals surface area contributed by atoms with E-state index in [-0.39, 0.29) is 0 Å². The monoisotopic (exact) mass is 475 g/mol. The minimum atomic E-state index is 0.717. The summed E-state index contributed by atoms with van der Waals surface area (Å²) >= 11 is 3.42. The normalized spacial score (nSPS) is 17.9. The molecule has 8 heteroatoms. The summed E-state index contributed by atoms with van der Waals surface area (Å²) in [5, 5.41) is 14.4. The average molecular weight is 476 g/mol. The van der Waals surface area contributed by atoms with Crippen molar-refractivity contribution in [2.24, 2.45) is 0 Å². The molecule has 0 amide bonds. The molecule has 0 atom stereocenters. The lowest BCUT2D eigenvalue weighted by molar-refractivity contribution is 0.220. The predicted octanol–water partition coefficient (Wildman–Crippen LogP) is 6.19. The maximum Gasteiger partial charge on any atom is 0.217 e. The maximum atomic E-state index is 6.00. The van der Waals surface area contributed by atoms with Crippen molar-refractivity contribution in [3.05, 3.63) is 29.8 Å². The Kier molecular flexibility index (Phi) is 9.80. The number of piperidine rings is 1. The first-order chi connectivity index (χ1) is 15.8. The van der Waals surface area contributed by atoms with Crippen LogP contribution < -0.4 is 14.8 Å². The number of nitrogens with zero attached hydrogens (tertiary/aromatic N) is 3. The number of hydrogen-bond acceptors (Lipinski definition) is 8. The highest BCUT2D eigenvalue weighted by Crippen LogP contribution is 2.30. The summed E-state index contributed by atoms with van der Waals surface area (Å²) in [5.74, 6) is 0.989. The Bertz CT molecular complexity index is 790. The molecule has 6 nitrogen and oxygen atoms in total. The van der Waals surface area contributed by atoms with E-state index in [9.17, 15) is 0 Å². The van der Waals surface area contributed by atoms with Crippen molar-refractivity contribution in [2.45, 2.75) is 76.0 Å². The van der Waals surface area contributed by atoms with Gasteiger partial charge in [0.25, 0.3) is 0 Å². The second-order valence-electron chi connectivity index (χ2n) is 8.86. The van der Waals surface area contributed by atoms with Crippen molar-refractivity contribution in [3.63, 3.8) is 0 Å². The molecule has 2 aromatic rings. The van der Waals surface area contributed by atoms with Gasteiger partial charge in [-0.25, -0.2) is 0 Å². The van der Waals surface area contributed by atoms with Crippen LogP contribution in [0.25, 0.3) is 0 Å². The van der Waals surface area contributed by atoms with Gasteiger partial charge in [-0.05, 0) is 81.3 Å². The van der Waals surface area contributed by atoms with E-state index < -0.39 is 0 Å². The van der Waals surface area contributed by atoms with Crippen LogP contribution >= 0.6 is 23.3 Å². The number of rotatable bonds is 12. The molecule has 2 N–H and O–H groups in total. The molecule has 0 spiro atoms. The molecular weight excluding hydrogens is 438 g/mol. The number of aromatic nitrogens is 2. The standard InChI is InChI=1S/C24H37N5OS2/c1-3-12-22(13-4-1)32-28-24-27-26-23(31-24)25-14-5-8-17-30-21-11-9-10-20(18-21)19-29-15-6-2-7-16-29/h9-11,18,22H,1-8,12-17,19H2,(H,25,26)(H,27,28). The number of nitrogens with one attached hydrogen (secondary N) is 2. The van der Waals surface area contributed by atoms with E-state index in [0.29, 0.717) is 0 Å². The summed E-state index contributed by atoms with van der Waals surface area (Å²) < 4.78 is 9.39. The van der Waals surface area contributed by atoms with Gasteiger partial charge in [0.05, 0.1) is 6.61 Å². The number of ether oxygens (including phenoxy) is 1.